The molecule has 9 nitrogen and oxygen atoms in total. The summed E-state index contributed by atoms with van der Waals surface area (Å²) in [5.41, 5.74) is 2.42. The summed E-state index contributed by atoms with van der Waals surface area (Å²) < 4.78 is 17.4. The van der Waals surface area contributed by atoms with E-state index in [1.807, 2.05) is 60.7 Å². The van der Waals surface area contributed by atoms with Gasteiger partial charge in [0.25, 0.3) is 5.91 Å². The van der Waals surface area contributed by atoms with Crippen LogP contribution in [0.3, 0.4) is 0 Å². The lowest BCUT2D eigenvalue weighted by atomic mass is 10.1. The molecule has 0 spiro atoms. The van der Waals surface area contributed by atoms with Crippen molar-refractivity contribution >= 4 is 17.8 Å². The number of hydrogen-bond acceptors (Lipinski definition) is 8. The molecule has 2 N–H and O–H groups in total. The van der Waals surface area contributed by atoms with E-state index in [4.69, 9.17) is 14.2 Å². The number of rotatable bonds is 10. The molecule has 0 aliphatic rings. The Balaban J connectivity index is 1.65. The standard InChI is InChI=1S/C26H27N5O4/c1-33-21-14-20(15-22(34-2)23(21)35-3)24(32)31-26(28-17-19-12-8-5-9-13-19)29-25(30-31)27-16-18-10-6-4-7-11-18/h4-15H,16-17H2,1-3H3,(H2,27,28,29,30). The van der Waals surface area contributed by atoms with Crippen LogP contribution in [0.15, 0.2) is 72.8 Å². The van der Waals surface area contributed by atoms with Crippen molar-refractivity contribution in [3.05, 3.63) is 89.5 Å². The number of ether oxygens (including phenoxy) is 3. The van der Waals surface area contributed by atoms with E-state index in [0.29, 0.717) is 47.8 Å². The summed E-state index contributed by atoms with van der Waals surface area (Å²) >= 11 is 0. The highest BCUT2D eigenvalue weighted by molar-refractivity contribution is 5.98. The number of nitrogens with one attached hydrogen (secondary N) is 2. The SMILES string of the molecule is COc1cc(C(=O)n2nc(NCc3ccccc3)nc2NCc2ccccc2)cc(OC)c1OC. The molecule has 4 aromatic rings. The van der Waals surface area contributed by atoms with Crippen molar-refractivity contribution in [1.82, 2.24) is 14.8 Å². The Morgan fingerprint density at radius 3 is 1.86 bits per heavy atom. The Bertz CT molecular complexity index is 1250. The smallest absolute Gasteiger partial charge is 0.281 e. The molecule has 0 saturated heterocycles. The minimum Gasteiger partial charge on any atom is -0.493 e. The number of hydrogen-bond donors (Lipinski definition) is 2. The van der Waals surface area contributed by atoms with Gasteiger partial charge in [0.1, 0.15) is 0 Å². The van der Waals surface area contributed by atoms with E-state index < -0.39 is 5.91 Å². The highest BCUT2D eigenvalue weighted by Crippen LogP contribution is 2.38. The van der Waals surface area contributed by atoms with Crippen molar-refractivity contribution < 1.29 is 19.0 Å². The lowest BCUT2D eigenvalue weighted by Crippen LogP contribution is -2.18. The molecule has 3 aromatic carbocycles. The van der Waals surface area contributed by atoms with Gasteiger partial charge in [0.15, 0.2) is 11.5 Å². The van der Waals surface area contributed by atoms with Crippen molar-refractivity contribution in [2.24, 2.45) is 0 Å². The lowest BCUT2D eigenvalue weighted by Gasteiger charge is -2.14. The molecule has 180 valence electrons. The second-order valence-corrected chi connectivity index (χ2v) is 7.57. The van der Waals surface area contributed by atoms with E-state index in [9.17, 15) is 4.79 Å². The summed E-state index contributed by atoms with van der Waals surface area (Å²) in [4.78, 5) is 18.1. The zero-order valence-electron chi connectivity index (χ0n) is 19.8. The predicted octanol–water partition coefficient (Wildman–Crippen LogP) is 4.22. The van der Waals surface area contributed by atoms with Crippen LogP contribution in [-0.4, -0.2) is 42.0 Å². The van der Waals surface area contributed by atoms with E-state index in [1.54, 1.807) is 12.1 Å². The summed E-state index contributed by atoms with van der Waals surface area (Å²) in [5.74, 6) is 1.37. The van der Waals surface area contributed by atoms with Gasteiger partial charge < -0.3 is 24.8 Å². The maximum Gasteiger partial charge on any atom is 0.281 e. The second-order valence-electron chi connectivity index (χ2n) is 7.57. The van der Waals surface area contributed by atoms with Gasteiger partial charge >= 0.3 is 0 Å². The molecule has 0 radical (unpaired) electrons. The van der Waals surface area contributed by atoms with Crippen LogP contribution >= 0.6 is 0 Å². The van der Waals surface area contributed by atoms with Gasteiger partial charge in [-0.3, -0.25) is 4.79 Å². The van der Waals surface area contributed by atoms with Gasteiger partial charge in [-0.25, -0.2) is 0 Å². The molecular weight excluding hydrogens is 446 g/mol. The fourth-order valence-electron chi connectivity index (χ4n) is 3.52. The minimum atomic E-state index is -0.403. The molecule has 1 heterocycles. The number of aromatic nitrogens is 3. The third kappa shape index (κ3) is 5.52. The van der Waals surface area contributed by atoms with Gasteiger partial charge in [0.05, 0.1) is 21.3 Å². The zero-order valence-corrected chi connectivity index (χ0v) is 19.8. The minimum absolute atomic E-state index is 0.307. The van der Waals surface area contributed by atoms with Crippen molar-refractivity contribution in [2.45, 2.75) is 13.1 Å². The van der Waals surface area contributed by atoms with E-state index in [0.717, 1.165) is 11.1 Å². The molecular formula is C26H27N5O4. The Morgan fingerprint density at radius 2 is 1.34 bits per heavy atom. The third-order valence-corrected chi connectivity index (χ3v) is 5.30. The van der Waals surface area contributed by atoms with Crippen LogP contribution < -0.4 is 24.8 Å². The van der Waals surface area contributed by atoms with E-state index in [2.05, 4.69) is 20.7 Å². The van der Waals surface area contributed by atoms with E-state index in [1.165, 1.54) is 26.0 Å². The molecule has 0 saturated carbocycles. The highest BCUT2D eigenvalue weighted by Gasteiger charge is 2.22. The van der Waals surface area contributed by atoms with Gasteiger partial charge in [-0.05, 0) is 23.3 Å². The van der Waals surface area contributed by atoms with Gasteiger partial charge in [0.2, 0.25) is 17.6 Å². The fourth-order valence-corrected chi connectivity index (χ4v) is 3.52. The average molecular weight is 474 g/mol. The van der Waals surface area contributed by atoms with Crippen LogP contribution in [0.4, 0.5) is 11.9 Å². The summed E-state index contributed by atoms with van der Waals surface area (Å²) in [7, 11) is 4.51. The number of carbonyl (C=O) groups is 1. The molecule has 0 aliphatic heterocycles. The Morgan fingerprint density at radius 1 is 0.800 bits per heavy atom. The largest absolute Gasteiger partial charge is 0.493 e. The highest BCUT2D eigenvalue weighted by atomic mass is 16.5. The molecule has 1 aromatic heterocycles. The quantitative estimate of drug-likeness (QED) is 0.353. The molecule has 0 amide bonds. The fraction of sp³-hybridized carbons (Fsp3) is 0.192. The van der Waals surface area contributed by atoms with E-state index in [-0.39, 0.29) is 0 Å². The van der Waals surface area contributed by atoms with Crippen molar-refractivity contribution in [3.8, 4) is 17.2 Å². The topological polar surface area (TPSA) is 99.5 Å². The first-order valence-electron chi connectivity index (χ1n) is 11.0. The van der Waals surface area contributed by atoms with Gasteiger partial charge in [0, 0.05) is 18.7 Å². The van der Waals surface area contributed by atoms with E-state index >= 15 is 0 Å². The lowest BCUT2D eigenvalue weighted by molar-refractivity contribution is 0.0946. The number of nitrogens with zero attached hydrogens (tertiary/aromatic N) is 3. The monoisotopic (exact) mass is 473 g/mol. The van der Waals surface area contributed by atoms with Crippen LogP contribution in [0.5, 0.6) is 17.2 Å². The summed E-state index contributed by atoms with van der Waals surface area (Å²) in [6.07, 6.45) is 0. The normalized spacial score (nSPS) is 10.5. The van der Waals surface area contributed by atoms with Crippen molar-refractivity contribution in [2.75, 3.05) is 32.0 Å². The molecule has 9 heteroatoms. The van der Waals surface area contributed by atoms with Crippen LogP contribution in [0.1, 0.15) is 21.5 Å². The molecule has 0 bridgehead atoms. The molecule has 0 atom stereocenters. The van der Waals surface area contributed by atoms with Crippen molar-refractivity contribution in [3.63, 3.8) is 0 Å². The van der Waals surface area contributed by atoms with Gasteiger partial charge in [-0.2, -0.15) is 9.67 Å². The maximum absolute atomic E-state index is 13.5. The Hall–Kier alpha value is -4.53. The second kappa shape index (κ2) is 11.1. The molecule has 0 unspecified atom stereocenters. The van der Waals surface area contributed by atoms with Gasteiger partial charge in [-0.1, -0.05) is 60.7 Å². The number of methoxy groups -OCH3 is 3. The van der Waals surface area contributed by atoms with Crippen LogP contribution in [0, 0.1) is 0 Å². The van der Waals surface area contributed by atoms with Crippen LogP contribution in [0.25, 0.3) is 0 Å². The first-order chi connectivity index (χ1) is 17.1. The predicted molar refractivity (Wildman–Crippen MR) is 133 cm³/mol. The number of benzene rings is 3. The Kier molecular flexibility index (Phi) is 7.47. The number of carbonyl (C=O) groups excluding carboxylic acids is 1. The van der Waals surface area contributed by atoms with Crippen LogP contribution in [-0.2, 0) is 13.1 Å². The summed E-state index contributed by atoms with van der Waals surface area (Å²) in [5, 5.41) is 10.8. The maximum atomic E-state index is 13.5. The molecule has 35 heavy (non-hydrogen) atoms. The molecule has 0 fully saturated rings. The first kappa shape index (κ1) is 23.6. The average Bonchev–Trinajstić information content (AvgIpc) is 3.33. The zero-order chi connectivity index (χ0) is 24.6. The third-order valence-electron chi connectivity index (χ3n) is 5.30. The number of anilines is 2. The molecule has 0 aliphatic carbocycles. The van der Waals surface area contributed by atoms with Crippen molar-refractivity contribution in [1.29, 1.82) is 0 Å². The van der Waals surface area contributed by atoms with Gasteiger partial charge in [-0.15, -0.1) is 5.10 Å². The first-order valence-corrected chi connectivity index (χ1v) is 11.0. The van der Waals surface area contributed by atoms with Crippen LogP contribution in [0.2, 0.25) is 0 Å². The summed E-state index contributed by atoms with van der Waals surface area (Å²) in [6, 6.07) is 22.9. The summed E-state index contributed by atoms with van der Waals surface area (Å²) in [6.45, 7) is 0.988. The Labute approximate surface area is 203 Å². The molecule has 4 rings (SSSR count).